The third kappa shape index (κ3) is 5.35. The molecule has 0 spiro atoms. The van der Waals surface area contributed by atoms with Crippen LogP contribution in [0.2, 0.25) is 0 Å². The van der Waals surface area contributed by atoms with E-state index in [1.165, 1.54) is 43.5 Å². The first-order valence-electron chi connectivity index (χ1n) is 8.52. The number of benzene rings is 3. The Morgan fingerprint density at radius 1 is 0.724 bits per heavy atom. The first kappa shape index (κ1) is 20.8. The number of ether oxygens (including phenoxy) is 1. The lowest BCUT2D eigenvalue weighted by Crippen LogP contribution is -2.23. The SMILES string of the molecule is COc1ccc(OS(=O)(=O)c2ccc(S(=O)(=O)NCc3ccccc3)cc2)cc1. The molecule has 152 valence electrons. The zero-order chi connectivity index (χ0) is 20.9. The van der Waals surface area contributed by atoms with Crippen molar-refractivity contribution < 1.29 is 25.8 Å². The van der Waals surface area contributed by atoms with E-state index in [1.807, 2.05) is 18.2 Å². The number of sulfonamides is 1. The Labute approximate surface area is 170 Å². The van der Waals surface area contributed by atoms with E-state index in [9.17, 15) is 16.8 Å². The summed E-state index contributed by atoms with van der Waals surface area (Å²) in [5, 5.41) is 0. The van der Waals surface area contributed by atoms with Gasteiger partial charge in [-0.25, -0.2) is 13.1 Å². The van der Waals surface area contributed by atoms with E-state index < -0.39 is 20.1 Å². The highest BCUT2D eigenvalue weighted by atomic mass is 32.2. The van der Waals surface area contributed by atoms with Gasteiger partial charge in [0.05, 0.1) is 12.0 Å². The molecule has 3 rings (SSSR count). The van der Waals surface area contributed by atoms with Crippen LogP contribution < -0.4 is 13.6 Å². The van der Waals surface area contributed by atoms with Crippen molar-refractivity contribution in [1.82, 2.24) is 4.72 Å². The topological polar surface area (TPSA) is 98.8 Å². The summed E-state index contributed by atoms with van der Waals surface area (Å²) in [7, 11) is -6.40. The summed E-state index contributed by atoms with van der Waals surface area (Å²) in [6, 6.07) is 19.9. The Balaban J connectivity index is 1.72. The normalized spacial score (nSPS) is 11.8. The minimum Gasteiger partial charge on any atom is -0.497 e. The highest BCUT2D eigenvalue weighted by Gasteiger charge is 2.19. The second kappa shape index (κ2) is 8.64. The van der Waals surface area contributed by atoms with Crippen LogP contribution in [-0.2, 0) is 26.7 Å². The summed E-state index contributed by atoms with van der Waals surface area (Å²) >= 11 is 0. The number of rotatable bonds is 8. The third-order valence-electron chi connectivity index (χ3n) is 4.00. The van der Waals surface area contributed by atoms with E-state index in [0.29, 0.717) is 5.75 Å². The quantitative estimate of drug-likeness (QED) is 0.549. The van der Waals surface area contributed by atoms with Gasteiger partial charge in [0.15, 0.2) is 0 Å². The number of hydrogen-bond acceptors (Lipinski definition) is 6. The van der Waals surface area contributed by atoms with Gasteiger partial charge in [-0.3, -0.25) is 0 Å². The van der Waals surface area contributed by atoms with E-state index >= 15 is 0 Å². The van der Waals surface area contributed by atoms with Crippen molar-refractivity contribution >= 4 is 20.1 Å². The molecule has 3 aromatic rings. The Bertz CT molecular complexity index is 1160. The molecule has 0 unspecified atom stereocenters. The van der Waals surface area contributed by atoms with Crippen molar-refractivity contribution in [2.24, 2.45) is 0 Å². The fourth-order valence-corrected chi connectivity index (χ4v) is 4.40. The molecule has 0 saturated heterocycles. The standard InChI is InChI=1S/C20H19NO6S2/c1-26-17-7-9-18(10-8-17)27-29(24,25)20-13-11-19(12-14-20)28(22,23)21-15-16-5-3-2-4-6-16/h2-14,21H,15H2,1H3. The van der Waals surface area contributed by atoms with Gasteiger partial charge in [0.1, 0.15) is 16.4 Å². The van der Waals surface area contributed by atoms with Gasteiger partial charge in [-0.1, -0.05) is 30.3 Å². The van der Waals surface area contributed by atoms with E-state index in [0.717, 1.165) is 5.56 Å². The molecule has 0 amide bonds. The second-order valence-corrected chi connectivity index (χ2v) is 9.31. The molecule has 3 aromatic carbocycles. The average Bonchev–Trinajstić information content (AvgIpc) is 2.73. The minimum absolute atomic E-state index is 0.0446. The monoisotopic (exact) mass is 433 g/mol. The molecule has 0 saturated carbocycles. The maximum Gasteiger partial charge on any atom is 0.339 e. The molecule has 1 N–H and O–H groups in total. The van der Waals surface area contributed by atoms with Gasteiger partial charge in [-0.05, 0) is 54.1 Å². The number of nitrogens with one attached hydrogen (secondary N) is 1. The van der Waals surface area contributed by atoms with Crippen LogP contribution in [-0.4, -0.2) is 23.9 Å². The molecule has 9 heteroatoms. The minimum atomic E-state index is -4.11. The van der Waals surface area contributed by atoms with Crippen molar-refractivity contribution in [3.8, 4) is 11.5 Å². The van der Waals surface area contributed by atoms with Gasteiger partial charge >= 0.3 is 10.1 Å². The van der Waals surface area contributed by atoms with Crippen molar-refractivity contribution in [1.29, 1.82) is 0 Å². The molecule has 29 heavy (non-hydrogen) atoms. The molecule has 7 nitrogen and oxygen atoms in total. The molecule has 0 aliphatic heterocycles. The average molecular weight is 434 g/mol. The zero-order valence-corrected chi connectivity index (χ0v) is 17.1. The zero-order valence-electron chi connectivity index (χ0n) is 15.5. The van der Waals surface area contributed by atoms with E-state index in [2.05, 4.69) is 4.72 Å². The Kier molecular flexibility index (Phi) is 6.21. The Morgan fingerprint density at radius 2 is 1.28 bits per heavy atom. The predicted octanol–water partition coefficient (Wildman–Crippen LogP) is 2.94. The highest BCUT2D eigenvalue weighted by molar-refractivity contribution is 7.89. The largest absolute Gasteiger partial charge is 0.497 e. The van der Waals surface area contributed by atoms with Gasteiger partial charge in [0.2, 0.25) is 10.0 Å². The molecule has 0 bridgehead atoms. The summed E-state index contributed by atoms with van der Waals surface area (Å²) in [5.41, 5.74) is 0.808. The fraction of sp³-hybridized carbons (Fsp3) is 0.100. The van der Waals surface area contributed by atoms with E-state index in [4.69, 9.17) is 8.92 Å². The van der Waals surface area contributed by atoms with Crippen LogP contribution in [0.15, 0.2) is 88.7 Å². The van der Waals surface area contributed by atoms with Crippen LogP contribution in [0.25, 0.3) is 0 Å². The van der Waals surface area contributed by atoms with Gasteiger partial charge in [0, 0.05) is 6.54 Å². The molecular formula is C20H19NO6S2. The molecule has 0 aliphatic carbocycles. The van der Waals surface area contributed by atoms with E-state index in [1.54, 1.807) is 24.3 Å². The van der Waals surface area contributed by atoms with Crippen molar-refractivity contribution in [2.75, 3.05) is 7.11 Å². The molecule has 0 heterocycles. The van der Waals surface area contributed by atoms with Crippen LogP contribution in [0.1, 0.15) is 5.56 Å². The van der Waals surface area contributed by atoms with Gasteiger partial charge in [0.25, 0.3) is 0 Å². The summed E-state index contributed by atoms with van der Waals surface area (Å²) in [5.74, 6) is 0.680. The smallest absolute Gasteiger partial charge is 0.339 e. The maximum atomic E-state index is 12.4. The third-order valence-corrected chi connectivity index (χ3v) is 6.68. The summed E-state index contributed by atoms with van der Waals surface area (Å²) < 4.78 is 62.2. The van der Waals surface area contributed by atoms with Gasteiger partial charge in [-0.15, -0.1) is 0 Å². The van der Waals surface area contributed by atoms with Crippen LogP contribution in [0.3, 0.4) is 0 Å². The van der Waals surface area contributed by atoms with Gasteiger partial charge in [-0.2, -0.15) is 8.42 Å². The number of hydrogen-bond donors (Lipinski definition) is 1. The molecule has 0 atom stereocenters. The van der Waals surface area contributed by atoms with Crippen molar-refractivity contribution in [3.63, 3.8) is 0 Å². The van der Waals surface area contributed by atoms with E-state index in [-0.39, 0.29) is 22.1 Å². The molecule has 0 aliphatic rings. The lowest BCUT2D eigenvalue weighted by molar-refractivity contribution is 0.413. The maximum absolute atomic E-state index is 12.4. The molecule has 0 aromatic heterocycles. The molecule has 0 radical (unpaired) electrons. The van der Waals surface area contributed by atoms with Crippen LogP contribution >= 0.6 is 0 Å². The van der Waals surface area contributed by atoms with Crippen LogP contribution in [0.4, 0.5) is 0 Å². The van der Waals surface area contributed by atoms with Gasteiger partial charge < -0.3 is 8.92 Å². The van der Waals surface area contributed by atoms with Crippen LogP contribution in [0, 0.1) is 0 Å². The summed E-state index contributed by atoms with van der Waals surface area (Å²) in [6.45, 7) is 0.129. The first-order valence-corrected chi connectivity index (χ1v) is 11.4. The fourth-order valence-electron chi connectivity index (χ4n) is 2.45. The molecular weight excluding hydrogens is 414 g/mol. The lowest BCUT2D eigenvalue weighted by atomic mass is 10.2. The summed E-state index contributed by atoms with van der Waals surface area (Å²) in [4.78, 5) is -0.202. The predicted molar refractivity (Wildman–Crippen MR) is 108 cm³/mol. The first-order chi connectivity index (χ1) is 13.8. The lowest BCUT2D eigenvalue weighted by Gasteiger charge is -2.10. The highest BCUT2D eigenvalue weighted by Crippen LogP contribution is 2.22. The van der Waals surface area contributed by atoms with Crippen molar-refractivity contribution in [2.45, 2.75) is 16.3 Å². The number of methoxy groups -OCH3 is 1. The molecule has 0 fully saturated rings. The Morgan fingerprint density at radius 3 is 1.86 bits per heavy atom. The van der Waals surface area contributed by atoms with Crippen molar-refractivity contribution in [3.05, 3.63) is 84.4 Å². The van der Waals surface area contributed by atoms with Crippen LogP contribution in [0.5, 0.6) is 11.5 Å². The summed E-state index contributed by atoms with van der Waals surface area (Å²) in [6.07, 6.45) is 0. The second-order valence-electron chi connectivity index (χ2n) is 5.99. The Hall–Kier alpha value is -2.88.